The highest BCUT2D eigenvalue weighted by Gasteiger charge is 2.32. The third-order valence-electron chi connectivity index (χ3n) is 4.96. The third kappa shape index (κ3) is 4.45. The van der Waals surface area contributed by atoms with Crippen molar-refractivity contribution in [2.45, 2.75) is 46.3 Å². The van der Waals surface area contributed by atoms with Crippen LogP contribution in [0.3, 0.4) is 0 Å². The lowest BCUT2D eigenvalue weighted by Gasteiger charge is -2.34. The van der Waals surface area contributed by atoms with Crippen LogP contribution < -0.4 is 0 Å². The fraction of sp³-hybridized carbons (Fsp3) is 0.526. The van der Waals surface area contributed by atoms with Gasteiger partial charge in [-0.25, -0.2) is 4.39 Å². The first-order chi connectivity index (χ1) is 12.4. The molecule has 1 saturated heterocycles. The summed E-state index contributed by atoms with van der Waals surface area (Å²) in [6.45, 7) is 9.14. The van der Waals surface area contributed by atoms with Gasteiger partial charge in [0.1, 0.15) is 5.82 Å². The summed E-state index contributed by atoms with van der Waals surface area (Å²) in [5.74, 6) is 0.242. The largest absolute Gasteiger partial charge is 0.334 e. The Morgan fingerprint density at radius 1 is 1.27 bits per heavy atom. The molecule has 0 radical (unpaired) electrons. The van der Waals surface area contributed by atoms with Crippen LogP contribution in [0.15, 0.2) is 24.3 Å². The Hall–Kier alpha value is -1.86. The average Bonchev–Trinajstić information content (AvgIpc) is 2.94. The topological polar surface area (TPSA) is 49.3 Å². The molecule has 0 aliphatic carbocycles. The number of hydrogen-bond acceptors (Lipinski definition) is 5. The molecule has 1 aliphatic rings. The van der Waals surface area contributed by atoms with Crippen molar-refractivity contribution in [3.8, 4) is 0 Å². The number of carbonyl (C=O) groups is 1. The van der Waals surface area contributed by atoms with Crippen LogP contribution in [0.4, 0.5) is 4.39 Å². The summed E-state index contributed by atoms with van der Waals surface area (Å²) in [4.78, 5) is 18.3. The van der Waals surface area contributed by atoms with Gasteiger partial charge in [0.25, 0.3) is 0 Å². The lowest BCUT2D eigenvalue weighted by atomic mass is 10.0. The quantitative estimate of drug-likeness (QED) is 0.804. The summed E-state index contributed by atoms with van der Waals surface area (Å²) in [7, 11) is 0. The van der Waals surface area contributed by atoms with Crippen molar-refractivity contribution in [2.75, 3.05) is 13.1 Å². The van der Waals surface area contributed by atoms with E-state index in [0.29, 0.717) is 18.9 Å². The molecule has 0 N–H and O–H groups in total. The number of rotatable bonds is 5. The standard InChI is InChI=1S/C19H25FN4OS/c1-13(2)17-11-23(12-18-14(3)21-22-26-18)9-8-19(25)24(17)10-15-4-6-16(20)7-5-15/h4-7,13,17H,8-12H2,1-3H3. The molecule has 1 atom stereocenters. The Kier molecular flexibility index (Phi) is 5.98. The van der Waals surface area contributed by atoms with Crippen LogP contribution in [0.25, 0.3) is 0 Å². The van der Waals surface area contributed by atoms with Crippen molar-refractivity contribution in [1.29, 1.82) is 0 Å². The molecule has 5 nitrogen and oxygen atoms in total. The van der Waals surface area contributed by atoms with Crippen LogP contribution in [0.2, 0.25) is 0 Å². The van der Waals surface area contributed by atoms with Crippen LogP contribution in [0.5, 0.6) is 0 Å². The Morgan fingerprint density at radius 2 is 2.00 bits per heavy atom. The molecular weight excluding hydrogens is 351 g/mol. The molecule has 1 aromatic carbocycles. The highest BCUT2D eigenvalue weighted by molar-refractivity contribution is 7.05. The Bertz CT molecular complexity index is 746. The van der Waals surface area contributed by atoms with Crippen molar-refractivity contribution in [2.24, 2.45) is 5.92 Å². The molecule has 1 amide bonds. The predicted molar refractivity (Wildman–Crippen MR) is 100 cm³/mol. The molecule has 2 heterocycles. The Balaban J connectivity index is 1.77. The van der Waals surface area contributed by atoms with E-state index in [1.54, 1.807) is 12.1 Å². The molecule has 3 rings (SSSR count). The van der Waals surface area contributed by atoms with E-state index in [4.69, 9.17) is 0 Å². The van der Waals surface area contributed by atoms with Gasteiger partial charge in [-0.1, -0.05) is 30.5 Å². The van der Waals surface area contributed by atoms with Crippen LogP contribution in [0.1, 0.15) is 36.4 Å². The Morgan fingerprint density at radius 3 is 2.62 bits per heavy atom. The number of aromatic nitrogens is 2. The zero-order valence-corrected chi connectivity index (χ0v) is 16.3. The van der Waals surface area contributed by atoms with Crippen molar-refractivity contribution >= 4 is 17.4 Å². The van der Waals surface area contributed by atoms with Crippen molar-refractivity contribution in [3.63, 3.8) is 0 Å². The second kappa shape index (κ2) is 8.22. The number of benzene rings is 1. The lowest BCUT2D eigenvalue weighted by molar-refractivity contribution is -0.134. The highest BCUT2D eigenvalue weighted by atomic mass is 32.1. The number of amides is 1. The summed E-state index contributed by atoms with van der Waals surface area (Å²) in [6.07, 6.45) is 0.496. The van der Waals surface area contributed by atoms with E-state index >= 15 is 0 Å². The summed E-state index contributed by atoms with van der Waals surface area (Å²) < 4.78 is 17.2. The second-order valence-electron chi connectivity index (χ2n) is 7.23. The van der Waals surface area contributed by atoms with Crippen LogP contribution in [-0.2, 0) is 17.9 Å². The van der Waals surface area contributed by atoms with E-state index in [1.807, 2.05) is 11.8 Å². The molecule has 140 valence electrons. The number of halogens is 1. The zero-order chi connectivity index (χ0) is 18.7. The SMILES string of the molecule is Cc1nnsc1CN1CCC(=O)N(Cc2ccc(F)cc2)C(C(C)C)C1. The zero-order valence-electron chi connectivity index (χ0n) is 15.5. The summed E-state index contributed by atoms with van der Waals surface area (Å²) >= 11 is 1.43. The van der Waals surface area contributed by atoms with E-state index in [0.717, 1.165) is 35.8 Å². The van der Waals surface area contributed by atoms with E-state index in [1.165, 1.54) is 23.7 Å². The molecule has 7 heteroatoms. The number of hydrogen-bond donors (Lipinski definition) is 0. The van der Waals surface area contributed by atoms with E-state index < -0.39 is 0 Å². The second-order valence-corrected chi connectivity index (χ2v) is 8.06. The minimum Gasteiger partial charge on any atom is -0.334 e. The van der Waals surface area contributed by atoms with Crippen molar-refractivity contribution in [3.05, 3.63) is 46.2 Å². The normalized spacial score (nSPS) is 19.2. The molecule has 1 fully saturated rings. The van der Waals surface area contributed by atoms with Gasteiger partial charge >= 0.3 is 0 Å². The predicted octanol–water partition coefficient (Wildman–Crippen LogP) is 3.24. The van der Waals surface area contributed by atoms with Crippen LogP contribution in [0, 0.1) is 18.7 Å². The van der Waals surface area contributed by atoms with Gasteiger partial charge in [0.05, 0.1) is 10.6 Å². The van der Waals surface area contributed by atoms with E-state index in [2.05, 4.69) is 28.3 Å². The van der Waals surface area contributed by atoms with Crippen LogP contribution >= 0.6 is 11.5 Å². The first-order valence-electron chi connectivity index (χ1n) is 8.98. The Labute approximate surface area is 158 Å². The molecule has 1 unspecified atom stereocenters. The minimum atomic E-state index is -0.254. The van der Waals surface area contributed by atoms with E-state index in [9.17, 15) is 9.18 Å². The molecule has 1 aliphatic heterocycles. The molecule has 0 saturated carbocycles. The van der Waals surface area contributed by atoms with Gasteiger partial charge in [0.2, 0.25) is 5.91 Å². The van der Waals surface area contributed by atoms with Gasteiger partial charge in [-0.05, 0) is 42.1 Å². The molecule has 0 bridgehead atoms. The third-order valence-corrected chi connectivity index (χ3v) is 5.76. The fourth-order valence-corrected chi connectivity index (χ4v) is 4.02. The van der Waals surface area contributed by atoms with Crippen molar-refractivity contribution in [1.82, 2.24) is 19.4 Å². The molecular formula is C19H25FN4OS. The van der Waals surface area contributed by atoms with Gasteiger partial charge in [0, 0.05) is 38.6 Å². The average molecular weight is 377 g/mol. The van der Waals surface area contributed by atoms with Gasteiger partial charge in [-0.2, -0.15) is 0 Å². The molecule has 26 heavy (non-hydrogen) atoms. The van der Waals surface area contributed by atoms with E-state index in [-0.39, 0.29) is 17.8 Å². The molecule has 0 spiro atoms. The minimum absolute atomic E-state index is 0.122. The number of carbonyl (C=O) groups excluding carboxylic acids is 1. The first-order valence-corrected chi connectivity index (χ1v) is 9.75. The number of aryl methyl sites for hydroxylation is 1. The summed E-state index contributed by atoms with van der Waals surface area (Å²) in [5, 5.41) is 4.09. The fourth-order valence-electron chi connectivity index (χ4n) is 3.34. The summed E-state index contributed by atoms with van der Waals surface area (Å²) in [5.41, 5.74) is 1.93. The summed E-state index contributed by atoms with van der Waals surface area (Å²) in [6, 6.07) is 6.54. The van der Waals surface area contributed by atoms with Gasteiger partial charge in [-0.15, -0.1) is 5.10 Å². The molecule has 2 aromatic rings. The smallest absolute Gasteiger partial charge is 0.224 e. The lowest BCUT2D eigenvalue weighted by Crippen LogP contribution is -2.45. The van der Waals surface area contributed by atoms with Gasteiger partial charge in [-0.3, -0.25) is 9.69 Å². The highest BCUT2D eigenvalue weighted by Crippen LogP contribution is 2.23. The number of nitrogens with zero attached hydrogens (tertiary/aromatic N) is 4. The van der Waals surface area contributed by atoms with Gasteiger partial charge < -0.3 is 4.90 Å². The van der Waals surface area contributed by atoms with Crippen molar-refractivity contribution < 1.29 is 9.18 Å². The maximum absolute atomic E-state index is 13.2. The van der Waals surface area contributed by atoms with Crippen LogP contribution in [-0.4, -0.2) is 44.4 Å². The molecule has 1 aromatic heterocycles. The first kappa shape index (κ1) is 18.9. The maximum Gasteiger partial charge on any atom is 0.224 e. The monoisotopic (exact) mass is 376 g/mol. The maximum atomic E-state index is 13.2. The van der Waals surface area contributed by atoms with Gasteiger partial charge in [0.15, 0.2) is 0 Å².